The predicted molar refractivity (Wildman–Crippen MR) is 57.1 cm³/mol. The van der Waals surface area contributed by atoms with Crippen LogP contribution in [0.15, 0.2) is 0 Å². The molecule has 0 aliphatic heterocycles. The van der Waals surface area contributed by atoms with Crippen LogP contribution in [0.5, 0.6) is 0 Å². The highest BCUT2D eigenvalue weighted by molar-refractivity contribution is 5.89. The largest absolute Gasteiger partial charge is 0.350 e. The van der Waals surface area contributed by atoms with E-state index in [4.69, 9.17) is 23.2 Å². The lowest BCUT2D eigenvalue weighted by Crippen LogP contribution is -2.45. The van der Waals surface area contributed by atoms with Crippen molar-refractivity contribution in [2.24, 2.45) is 23.2 Å². The summed E-state index contributed by atoms with van der Waals surface area (Å²) >= 11 is 0. The highest BCUT2D eigenvalue weighted by Gasteiger charge is 2.17. The van der Waals surface area contributed by atoms with Gasteiger partial charge in [-0.15, -0.1) is 0 Å². The van der Waals surface area contributed by atoms with E-state index in [0.29, 0.717) is 10.0 Å². The second-order valence-electron chi connectivity index (χ2n) is 2.90. The zero-order valence-corrected chi connectivity index (χ0v) is 8.86. The standard InChI is InChI=1S/C6H11N9O2/c1-2-11-5(14(9)3(7)16)13-6(12-2)15(10)4(8)17/h9-10H2,1H3,(H2,7,16)(H2,8,17). The van der Waals surface area contributed by atoms with E-state index in [1.165, 1.54) is 6.92 Å². The molecule has 1 heterocycles. The Hall–Kier alpha value is -2.53. The number of anilines is 2. The summed E-state index contributed by atoms with van der Waals surface area (Å²) < 4.78 is 0. The summed E-state index contributed by atoms with van der Waals surface area (Å²) in [5.41, 5.74) is 9.86. The Bertz CT molecular complexity index is 423. The smallest absolute Gasteiger partial charge is 0.336 e. The van der Waals surface area contributed by atoms with Gasteiger partial charge in [0.1, 0.15) is 5.82 Å². The zero-order chi connectivity index (χ0) is 13.2. The molecule has 92 valence electrons. The average molecular weight is 241 g/mol. The number of urea groups is 2. The second-order valence-corrected chi connectivity index (χ2v) is 2.90. The van der Waals surface area contributed by atoms with Gasteiger partial charge in [0, 0.05) is 0 Å². The normalized spacial score (nSPS) is 9.82. The molecule has 0 fully saturated rings. The van der Waals surface area contributed by atoms with Crippen molar-refractivity contribution in [1.82, 2.24) is 15.0 Å². The molecular formula is C6H11N9O2. The summed E-state index contributed by atoms with van der Waals surface area (Å²) in [5.74, 6) is 10.2. The van der Waals surface area contributed by atoms with Crippen LogP contribution < -0.4 is 33.2 Å². The minimum absolute atomic E-state index is 0.179. The number of primary amides is 2. The topological polar surface area (TPSA) is 183 Å². The van der Waals surface area contributed by atoms with Gasteiger partial charge in [0.2, 0.25) is 0 Å². The van der Waals surface area contributed by atoms with Gasteiger partial charge in [0.25, 0.3) is 11.9 Å². The molecule has 0 saturated carbocycles. The number of rotatable bonds is 2. The molecule has 0 unspecified atom stereocenters. The average Bonchev–Trinajstić information content (AvgIpc) is 2.25. The second kappa shape index (κ2) is 4.54. The third-order valence-corrected chi connectivity index (χ3v) is 1.63. The van der Waals surface area contributed by atoms with E-state index in [2.05, 4.69) is 15.0 Å². The molecular weight excluding hydrogens is 230 g/mol. The number of nitrogens with two attached hydrogens (primary N) is 4. The van der Waals surface area contributed by atoms with Gasteiger partial charge in [-0.25, -0.2) is 21.3 Å². The minimum atomic E-state index is -0.982. The van der Waals surface area contributed by atoms with Crippen molar-refractivity contribution < 1.29 is 9.59 Å². The number of amides is 4. The lowest BCUT2D eigenvalue weighted by atomic mass is 10.6. The lowest BCUT2D eigenvalue weighted by Gasteiger charge is -2.15. The number of hydrogen-bond donors (Lipinski definition) is 4. The van der Waals surface area contributed by atoms with E-state index in [9.17, 15) is 9.59 Å². The first-order chi connectivity index (χ1) is 7.82. The van der Waals surface area contributed by atoms with Gasteiger partial charge in [-0.3, -0.25) is 0 Å². The highest BCUT2D eigenvalue weighted by Crippen LogP contribution is 2.09. The first-order valence-corrected chi connectivity index (χ1v) is 4.24. The van der Waals surface area contributed by atoms with E-state index in [-0.39, 0.29) is 17.7 Å². The molecule has 0 bridgehead atoms. The van der Waals surface area contributed by atoms with Crippen molar-refractivity contribution in [1.29, 1.82) is 0 Å². The van der Waals surface area contributed by atoms with Crippen molar-refractivity contribution in [2.45, 2.75) is 6.92 Å². The number of hydrogen-bond acceptors (Lipinski definition) is 7. The number of aryl methyl sites for hydroxylation is 1. The Morgan fingerprint density at radius 3 is 1.59 bits per heavy atom. The van der Waals surface area contributed by atoms with Gasteiger partial charge in [-0.2, -0.15) is 25.0 Å². The molecule has 17 heavy (non-hydrogen) atoms. The maximum Gasteiger partial charge on any atom is 0.336 e. The molecule has 0 aliphatic rings. The van der Waals surface area contributed by atoms with Gasteiger partial charge < -0.3 is 11.5 Å². The van der Waals surface area contributed by atoms with Crippen LogP contribution in [0.25, 0.3) is 0 Å². The van der Waals surface area contributed by atoms with Crippen LogP contribution in [-0.2, 0) is 0 Å². The van der Waals surface area contributed by atoms with Crippen molar-refractivity contribution in [3.8, 4) is 0 Å². The van der Waals surface area contributed by atoms with Crippen LogP contribution in [0.3, 0.4) is 0 Å². The number of aromatic nitrogens is 3. The van der Waals surface area contributed by atoms with Crippen LogP contribution in [-0.4, -0.2) is 27.0 Å². The van der Waals surface area contributed by atoms with Gasteiger partial charge >= 0.3 is 12.1 Å². The van der Waals surface area contributed by atoms with Crippen molar-refractivity contribution in [3.63, 3.8) is 0 Å². The highest BCUT2D eigenvalue weighted by atomic mass is 16.2. The van der Waals surface area contributed by atoms with Gasteiger partial charge in [0.05, 0.1) is 0 Å². The number of nitrogens with zero attached hydrogens (tertiary/aromatic N) is 5. The maximum absolute atomic E-state index is 10.8. The van der Waals surface area contributed by atoms with Gasteiger partial charge in [-0.05, 0) is 6.92 Å². The Morgan fingerprint density at radius 2 is 1.29 bits per heavy atom. The van der Waals surface area contributed by atoms with Gasteiger partial charge in [-0.1, -0.05) is 0 Å². The van der Waals surface area contributed by atoms with Gasteiger partial charge in [0.15, 0.2) is 0 Å². The molecule has 11 heteroatoms. The van der Waals surface area contributed by atoms with Crippen LogP contribution in [0, 0.1) is 6.92 Å². The molecule has 0 radical (unpaired) electrons. The predicted octanol–water partition coefficient (Wildman–Crippen LogP) is -2.30. The number of hydrazine groups is 2. The van der Waals surface area contributed by atoms with Crippen molar-refractivity contribution in [2.75, 3.05) is 10.0 Å². The SMILES string of the molecule is Cc1nc(N(N)C(N)=O)nc(N(N)C(N)=O)n1. The lowest BCUT2D eigenvalue weighted by molar-refractivity contribution is 0.253. The molecule has 1 aromatic heterocycles. The third kappa shape index (κ3) is 2.73. The molecule has 1 aromatic rings. The maximum atomic E-state index is 10.8. The Morgan fingerprint density at radius 1 is 0.941 bits per heavy atom. The monoisotopic (exact) mass is 241 g/mol. The summed E-state index contributed by atoms with van der Waals surface area (Å²) in [6.45, 7) is 1.48. The Labute approximate surface area is 95.3 Å². The number of carbonyl (C=O) groups is 2. The van der Waals surface area contributed by atoms with E-state index in [1.807, 2.05) is 0 Å². The summed E-state index contributed by atoms with van der Waals surface area (Å²) in [7, 11) is 0. The Balaban J connectivity index is 3.19. The van der Waals surface area contributed by atoms with Crippen LogP contribution in [0.2, 0.25) is 0 Å². The van der Waals surface area contributed by atoms with E-state index in [0.717, 1.165) is 0 Å². The number of carbonyl (C=O) groups excluding carboxylic acids is 2. The quantitative estimate of drug-likeness (QED) is 0.254. The van der Waals surface area contributed by atoms with E-state index >= 15 is 0 Å². The fourth-order valence-electron chi connectivity index (χ4n) is 0.866. The molecule has 0 aliphatic carbocycles. The molecule has 4 amide bonds. The van der Waals surface area contributed by atoms with E-state index in [1.54, 1.807) is 0 Å². The summed E-state index contributed by atoms with van der Waals surface area (Å²) in [5, 5.41) is 0.958. The molecule has 0 saturated heterocycles. The third-order valence-electron chi connectivity index (χ3n) is 1.63. The van der Waals surface area contributed by atoms with Crippen LogP contribution in [0.1, 0.15) is 5.82 Å². The molecule has 11 nitrogen and oxygen atoms in total. The molecule has 0 atom stereocenters. The molecule has 0 aromatic carbocycles. The van der Waals surface area contributed by atoms with Crippen molar-refractivity contribution in [3.05, 3.63) is 5.82 Å². The van der Waals surface area contributed by atoms with Crippen LogP contribution >= 0.6 is 0 Å². The molecule has 0 spiro atoms. The summed E-state index contributed by atoms with van der Waals surface area (Å²) in [6, 6.07) is -1.96. The van der Waals surface area contributed by atoms with Crippen molar-refractivity contribution >= 4 is 24.0 Å². The summed E-state index contributed by atoms with van der Waals surface area (Å²) in [6.07, 6.45) is 0. The summed E-state index contributed by atoms with van der Waals surface area (Å²) in [4.78, 5) is 32.8. The van der Waals surface area contributed by atoms with Crippen LogP contribution in [0.4, 0.5) is 21.5 Å². The fraction of sp³-hybridized carbons (Fsp3) is 0.167. The molecule has 1 rings (SSSR count). The fourth-order valence-corrected chi connectivity index (χ4v) is 0.866. The zero-order valence-electron chi connectivity index (χ0n) is 8.86. The molecule has 8 N–H and O–H groups in total. The first kappa shape index (κ1) is 12.5. The van der Waals surface area contributed by atoms with E-state index < -0.39 is 12.1 Å². The first-order valence-electron chi connectivity index (χ1n) is 4.24. The Kier molecular flexibility index (Phi) is 3.35. The minimum Gasteiger partial charge on any atom is -0.350 e.